The van der Waals surface area contributed by atoms with Gasteiger partial charge in [0.25, 0.3) is 0 Å². The number of thiophene rings is 1. The van der Waals surface area contributed by atoms with E-state index in [4.69, 9.17) is 5.73 Å². The Morgan fingerprint density at radius 2 is 2.36 bits per heavy atom. The van der Waals surface area contributed by atoms with E-state index in [2.05, 4.69) is 4.74 Å². The monoisotopic (exact) mass is 171 g/mol. The van der Waals surface area contributed by atoms with Crippen LogP contribution in [-0.2, 0) is 4.74 Å². The zero-order valence-electron chi connectivity index (χ0n) is 6.38. The van der Waals surface area contributed by atoms with Crippen molar-refractivity contribution in [1.82, 2.24) is 0 Å². The van der Waals surface area contributed by atoms with Crippen LogP contribution < -0.4 is 5.73 Å². The topological polar surface area (TPSA) is 52.3 Å². The molecule has 0 unspecified atom stereocenters. The lowest BCUT2D eigenvalue weighted by Gasteiger charge is -1.96. The summed E-state index contributed by atoms with van der Waals surface area (Å²) in [7, 11) is 1.34. The van der Waals surface area contributed by atoms with Gasteiger partial charge in [-0.2, -0.15) is 0 Å². The van der Waals surface area contributed by atoms with Crippen LogP contribution in [0.5, 0.6) is 0 Å². The van der Waals surface area contributed by atoms with E-state index in [0.717, 1.165) is 4.88 Å². The molecule has 0 aliphatic rings. The second kappa shape index (κ2) is 2.92. The summed E-state index contributed by atoms with van der Waals surface area (Å²) < 4.78 is 4.52. The van der Waals surface area contributed by atoms with Gasteiger partial charge in [-0.05, 0) is 6.92 Å². The third kappa shape index (κ3) is 1.35. The van der Waals surface area contributed by atoms with E-state index in [1.165, 1.54) is 18.4 Å². The predicted octanol–water partition coefficient (Wildman–Crippen LogP) is 1.43. The maximum Gasteiger partial charge on any atom is 0.340 e. The van der Waals surface area contributed by atoms with Crippen molar-refractivity contribution in [3.8, 4) is 0 Å². The van der Waals surface area contributed by atoms with E-state index >= 15 is 0 Å². The molecule has 1 aromatic rings. The number of aryl methyl sites for hydroxylation is 1. The van der Waals surface area contributed by atoms with Crippen LogP contribution in [0.15, 0.2) is 5.38 Å². The molecule has 4 heteroatoms. The van der Waals surface area contributed by atoms with E-state index in [9.17, 15) is 4.79 Å². The van der Waals surface area contributed by atoms with Crippen LogP contribution in [0.2, 0.25) is 0 Å². The summed E-state index contributed by atoms with van der Waals surface area (Å²) >= 11 is 1.45. The normalized spacial score (nSPS) is 9.64. The van der Waals surface area contributed by atoms with Gasteiger partial charge < -0.3 is 10.5 Å². The molecule has 0 radical (unpaired) electrons. The van der Waals surface area contributed by atoms with Gasteiger partial charge in [-0.25, -0.2) is 4.79 Å². The van der Waals surface area contributed by atoms with E-state index in [0.29, 0.717) is 11.3 Å². The Labute approximate surface area is 68.8 Å². The molecule has 0 saturated heterocycles. The van der Waals surface area contributed by atoms with Crippen molar-refractivity contribution in [2.75, 3.05) is 12.8 Å². The molecule has 0 atom stereocenters. The molecular weight excluding hydrogens is 162 g/mol. The number of carbonyl (C=O) groups is 1. The smallest absolute Gasteiger partial charge is 0.340 e. The second-order valence-corrected chi connectivity index (χ2v) is 3.19. The van der Waals surface area contributed by atoms with Gasteiger partial charge in [-0.3, -0.25) is 0 Å². The summed E-state index contributed by atoms with van der Waals surface area (Å²) in [5, 5.41) is 1.70. The van der Waals surface area contributed by atoms with Crippen molar-refractivity contribution in [3.05, 3.63) is 15.8 Å². The Bertz CT molecular complexity index is 280. The lowest BCUT2D eigenvalue weighted by Crippen LogP contribution is -2.02. The quantitative estimate of drug-likeness (QED) is 0.650. The average Bonchev–Trinajstić information content (AvgIpc) is 2.32. The van der Waals surface area contributed by atoms with Crippen molar-refractivity contribution < 1.29 is 9.53 Å². The van der Waals surface area contributed by atoms with Crippen LogP contribution in [0, 0.1) is 6.92 Å². The third-order valence-electron chi connectivity index (χ3n) is 1.43. The zero-order chi connectivity index (χ0) is 8.43. The van der Waals surface area contributed by atoms with Gasteiger partial charge in [-0.15, -0.1) is 11.3 Å². The van der Waals surface area contributed by atoms with Gasteiger partial charge in [0.15, 0.2) is 0 Å². The van der Waals surface area contributed by atoms with Crippen LogP contribution in [0.4, 0.5) is 5.69 Å². The Balaban J connectivity index is 3.04. The third-order valence-corrected chi connectivity index (χ3v) is 2.36. The fourth-order valence-electron chi connectivity index (χ4n) is 0.732. The highest BCUT2D eigenvalue weighted by Gasteiger charge is 2.12. The van der Waals surface area contributed by atoms with Crippen molar-refractivity contribution in [2.45, 2.75) is 6.92 Å². The predicted molar refractivity (Wildman–Crippen MR) is 44.8 cm³/mol. The minimum atomic E-state index is -0.369. The fourth-order valence-corrected chi connectivity index (χ4v) is 1.49. The first kappa shape index (κ1) is 8.07. The first-order valence-corrected chi connectivity index (χ1v) is 3.96. The summed E-state index contributed by atoms with van der Waals surface area (Å²) in [5.41, 5.74) is 6.59. The summed E-state index contributed by atoms with van der Waals surface area (Å²) in [5.74, 6) is -0.369. The lowest BCUT2D eigenvalue weighted by atomic mass is 10.2. The molecule has 2 N–H and O–H groups in total. The summed E-state index contributed by atoms with van der Waals surface area (Å²) in [6.07, 6.45) is 0. The summed E-state index contributed by atoms with van der Waals surface area (Å²) in [4.78, 5) is 11.9. The number of ether oxygens (including phenoxy) is 1. The Kier molecular flexibility index (Phi) is 2.14. The largest absolute Gasteiger partial charge is 0.465 e. The van der Waals surface area contributed by atoms with Gasteiger partial charge in [0.1, 0.15) is 0 Å². The van der Waals surface area contributed by atoms with Gasteiger partial charge in [0.2, 0.25) is 0 Å². The van der Waals surface area contributed by atoms with Crippen molar-refractivity contribution in [3.63, 3.8) is 0 Å². The number of hydrogen-bond acceptors (Lipinski definition) is 4. The minimum absolute atomic E-state index is 0.369. The molecule has 1 aromatic heterocycles. The number of nitrogens with two attached hydrogens (primary N) is 1. The number of methoxy groups -OCH3 is 1. The van der Waals surface area contributed by atoms with Gasteiger partial charge in [0.05, 0.1) is 18.4 Å². The molecule has 0 fully saturated rings. The van der Waals surface area contributed by atoms with Crippen LogP contribution in [0.25, 0.3) is 0 Å². The molecule has 0 bridgehead atoms. The molecular formula is C7H9NO2S. The van der Waals surface area contributed by atoms with Crippen LogP contribution >= 0.6 is 11.3 Å². The maximum atomic E-state index is 11.0. The highest BCUT2D eigenvalue weighted by molar-refractivity contribution is 7.10. The molecule has 0 aliphatic heterocycles. The number of esters is 1. The Morgan fingerprint density at radius 1 is 1.73 bits per heavy atom. The first-order valence-electron chi connectivity index (χ1n) is 3.08. The summed E-state index contributed by atoms with van der Waals surface area (Å²) in [6, 6.07) is 0. The van der Waals surface area contributed by atoms with Gasteiger partial charge >= 0.3 is 5.97 Å². The zero-order valence-corrected chi connectivity index (χ0v) is 7.20. The van der Waals surface area contributed by atoms with Crippen molar-refractivity contribution in [1.29, 1.82) is 0 Å². The van der Waals surface area contributed by atoms with E-state index in [-0.39, 0.29) is 5.97 Å². The molecule has 1 heterocycles. The van der Waals surface area contributed by atoms with Crippen molar-refractivity contribution >= 4 is 23.0 Å². The second-order valence-electron chi connectivity index (χ2n) is 2.11. The molecule has 0 spiro atoms. The molecule has 60 valence electrons. The molecule has 0 saturated carbocycles. The van der Waals surface area contributed by atoms with Gasteiger partial charge in [0, 0.05) is 10.3 Å². The summed E-state index contributed by atoms with van der Waals surface area (Å²) in [6.45, 7) is 1.87. The van der Waals surface area contributed by atoms with Crippen LogP contribution in [0.3, 0.4) is 0 Å². The van der Waals surface area contributed by atoms with E-state index in [1.807, 2.05) is 6.92 Å². The molecule has 0 aromatic carbocycles. The number of rotatable bonds is 1. The highest BCUT2D eigenvalue weighted by atomic mass is 32.1. The highest BCUT2D eigenvalue weighted by Crippen LogP contribution is 2.24. The van der Waals surface area contributed by atoms with Crippen LogP contribution in [-0.4, -0.2) is 13.1 Å². The van der Waals surface area contributed by atoms with E-state index < -0.39 is 0 Å². The first-order chi connectivity index (χ1) is 5.16. The number of hydrogen-bond donors (Lipinski definition) is 1. The average molecular weight is 171 g/mol. The fraction of sp³-hybridized carbons (Fsp3) is 0.286. The Morgan fingerprint density at radius 3 is 2.73 bits per heavy atom. The number of anilines is 1. The molecule has 0 amide bonds. The minimum Gasteiger partial charge on any atom is -0.465 e. The van der Waals surface area contributed by atoms with E-state index in [1.54, 1.807) is 5.38 Å². The number of carbonyl (C=O) groups excluding carboxylic acids is 1. The molecule has 1 rings (SSSR count). The lowest BCUT2D eigenvalue weighted by molar-refractivity contribution is 0.0602. The van der Waals surface area contributed by atoms with Crippen LogP contribution in [0.1, 0.15) is 15.2 Å². The SMILES string of the molecule is COC(=O)c1csc(C)c1N. The standard InChI is InChI=1S/C7H9NO2S/c1-4-6(8)5(3-11-4)7(9)10-2/h3H,8H2,1-2H3. The molecule has 11 heavy (non-hydrogen) atoms. The molecule has 3 nitrogen and oxygen atoms in total. The number of nitrogen functional groups attached to an aromatic ring is 1. The van der Waals surface area contributed by atoms with Crippen molar-refractivity contribution in [2.24, 2.45) is 0 Å². The maximum absolute atomic E-state index is 11.0. The Hall–Kier alpha value is -1.03. The van der Waals surface area contributed by atoms with Gasteiger partial charge in [-0.1, -0.05) is 0 Å². The molecule has 0 aliphatic carbocycles.